The number of fused-ring (bicyclic) bond motifs is 1. The third-order valence-electron chi connectivity index (χ3n) is 3.86. The van der Waals surface area contributed by atoms with Crippen LogP contribution in [0.3, 0.4) is 0 Å². The van der Waals surface area contributed by atoms with Crippen molar-refractivity contribution in [3.05, 3.63) is 45.1 Å². The molecule has 1 aromatic carbocycles. The van der Waals surface area contributed by atoms with Crippen molar-refractivity contribution in [2.45, 2.75) is 20.0 Å². The molecule has 6 nitrogen and oxygen atoms in total. The fraction of sp³-hybridized carbons (Fsp3) is 0.333. The minimum absolute atomic E-state index is 0.00824. The lowest BCUT2D eigenvalue weighted by molar-refractivity contribution is -0.142. The first-order valence-electron chi connectivity index (χ1n) is 8.04. The van der Waals surface area contributed by atoms with Crippen LogP contribution in [-0.4, -0.2) is 37.9 Å². The van der Waals surface area contributed by atoms with E-state index >= 15 is 0 Å². The van der Waals surface area contributed by atoms with Crippen molar-refractivity contribution >= 4 is 44.5 Å². The van der Waals surface area contributed by atoms with Crippen molar-refractivity contribution in [2.24, 2.45) is 0 Å². The van der Waals surface area contributed by atoms with Crippen molar-refractivity contribution < 1.29 is 28.5 Å². The number of rotatable bonds is 5. The zero-order chi connectivity index (χ0) is 18.8. The van der Waals surface area contributed by atoms with Crippen LogP contribution in [0, 0.1) is 0 Å². The maximum Gasteiger partial charge on any atom is 0.375 e. The largest absolute Gasteiger partial charge is 0.488 e. The molecule has 2 aliphatic rings. The van der Waals surface area contributed by atoms with Crippen LogP contribution in [0.15, 0.2) is 39.6 Å². The molecule has 1 atom stereocenters. The number of hydrogen-bond donors (Lipinski definition) is 0. The van der Waals surface area contributed by atoms with Gasteiger partial charge < -0.3 is 18.9 Å². The summed E-state index contributed by atoms with van der Waals surface area (Å²) in [4.78, 5) is 24.6. The number of cyclic esters (lactones) is 1. The lowest BCUT2D eigenvalue weighted by atomic mass is 9.98. The van der Waals surface area contributed by atoms with Crippen molar-refractivity contribution in [2.75, 3.05) is 19.8 Å². The number of ether oxygens (including phenoxy) is 4. The predicted octanol–water partition coefficient (Wildman–Crippen LogP) is 3.57. The molecule has 26 heavy (non-hydrogen) atoms. The minimum Gasteiger partial charge on any atom is -0.488 e. The Hall–Kier alpha value is -1.99. The number of benzene rings is 1. The molecule has 138 valence electrons. The fourth-order valence-electron chi connectivity index (χ4n) is 2.77. The molecular weight excluding hydrogens is 428 g/mol. The first-order chi connectivity index (χ1) is 12.5. The summed E-state index contributed by atoms with van der Waals surface area (Å²) in [7, 11) is 0. The normalized spacial score (nSPS) is 19.1. The molecule has 0 aromatic heterocycles. The molecular formula is C18H16BrClO6. The quantitative estimate of drug-likeness (QED) is 0.648. The van der Waals surface area contributed by atoms with Gasteiger partial charge in [0.1, 0.15) is 17.9 Å². The molecule has 3 rings (SSSR count). The Balaban J connectivity index is 2.08. The number of esters is 2. The first-order valence-corrected chi connectivity index (χ1v) is 9.21. The fourth-order valence-corrected chi connectivity index (χ4v) is 3.43. The molecule has 0 amide bonds. The zero-order valence-corrected chi connectivity index (χ0v) is 16.5. The predicted molar refractivity (Wildman–Crippen MR) is 97.6 cm³/mol. The Kier molecular flexibility index (Phi) is 5.58. The average molecular weight is 444 g/mol. The Bertz CT molecular complexity index is 829. The SMILES string of the molecule is CCOC(=O)C1=C(OCC)C(=O)OC1C1=C(Cl)c2cc(Br)ccc2OC1. The van der Waals surface area contributed by atoms with E-state index in [1.54, 1.807) is 26.0 Å². The second kappa shape index (κ2) is 7.72. The second-order valence-electron chi connectivity index (χ2n) is 5.45. The molecule has 0 radical (unpaired) electrons. The summed E-state index contributed by atoms with van der Waals surface area (Å²) >= 11 is 9.95. The van der Waals surface area contributed by atoms with Crippen LogP contribution in [0.5, 0.6) is 5.75 Å². The average Bonchev–Trinajstić information content (AvgIpc) is 2.93. The molecule has 0 bridgehead atoms. The van der Waals surface area contributed by atoms with E-state index in [1.165, 1.54) is 0 Å². The highest BCUT2D eigenvalue weighted by atomic mass is 79.9. The van der Waals surface area contributed by atoms with Crippen molar-refractivity contribution in [3.8, 4) is 5.75 Å². The van der Waals surface area contributed by atoms with Gasteiger partial charge in [0.15, 0.2) is 6.10 Å². The number of carbonyl (C=O) groups is 2. The molecule has 0 saturated carbocycles. The van der Waals surface area contributed by atoms with Crippen LogP contribution in [0.1, 0.15) is 19.4 Å². The molecule has 0 fully saturated rings. The van der Waals surface area contributed by atoms with Gasteiger partial charge in [-0.05, 0) is 32.0 Å². The zero-order valence-electron chi connectivity index (χ0n) is 14.1. The third kappa shape index (κ3) is 3.33. The third-order valence-corrected chi connectivity index (χ3v) is 4.80. The molecule has 0 spiro atoms. The molecule has 2 heterocycles. The Morgan fingerprint density at radius 2 is 2.12 bits per heavy atom. The van der Waals surface area contributed by atoms with Gasteiger partial charge >= 0.3 is 11.9 Å². The maximum absolute atomic E-state index is 12.4. The molecule has 2 aliphatic heterocycles. The van der Waals surface area contributed by atoms with Crippen LogP contribution < -0.4 is 4.74 Å². The van der Waals surface area contributed by atoms with E-state index in [0.717, 1.165) is 4.47 Å². The summed E-state index contributed by atoms with van der Waals surface area (Å²) in [5, 5.41) is 0.366. The van der Waals surface area contributed by atoms with E-state index in [2.05, 4.69) is 15.9 Å². The highest BCUT2D eigenvalue weighted by Gasteiger charge is 2.44. The molecule has 1 aromatic rings. The van der Waals surface area contributed by atoms with Gasteiger partial charge in [0.05, 0.1) is 18.2 Å². The van der Waals surface area contributed by atoms with Crippen molar-refractivity contribution in [1.82, 2.24) is 0 Å². The van der Waals surface area contributed by atoms with E-state index in [9.17, 15) is 9.59 Å². The van der Waals surface area contributed by atoms with Gasteiger partial charge in [0.25, 0.3) is 0 Å². The van der Waals surface area contributed by atoms with E-state index in [4.69, 9.17) is 30.5 Å². The minimum atomic E-state index is -1.01. The first kappa shape index (κ1) is 18.8. The molecule has 1 unspecified atom stereocenters. The van der Waals surface area contributed by atoms with Crippen LogP contribution in [0.4, 0.5) is 0 Å². The van der Waals surface area contributed by atoms with Gasteiger partial charge in [-0.15, -0.1) is 0 Å². The summed E-state index contributed by atoms with van der Waals surface area (Å²) in [5.41, 5.74) is 1.11. The lowest BCUT2D eigenvalue weighted by Crippen LogP contribution is -2.27. The van der Waals surface area contributed by atoms with E-state index in [0.29, 0.717) is 21.9 Å². The van der Waals surface area contributed by atoms with Gasteiger partial charge in [0.2, 0.25) is 5.76 Å². The highest BCUT2D eigenvalue weighted by Crippen LogP contribution is 2.42. The lowest BCUT2D eigenvalue weighted by Gasteiger charge is -2.24. The molecule has 0 N–H and O–H groups in total. The van der Waals surface area contributed by atoms with Gasteiger partial charge in [-0.2, -0.15) is 0 Å². The Labute approximate surface area is 163 Å². The smallest absolute Gasteiger partial charge is 0.375 e. The molecule has 0 saturated heterocycles. The molecule has 0 aliphatic carbocycles. The highest BCUT2D eigenvalue weighted by molar-refractivity contribution is 9.10. The summed E-state index contributed by atoms with van der Waals surface area (Å²) < 4.78 is 22.3. The van der Waals surface area contributed by atoms with E-state index < -0.39 is 18.0 Å². The van der Waals surface area contributed by atoms with Crippen LogP contribution >= 0.6 is 27.5 Å². The van der Waals surface area contributed by atoms with Gasteiger partial charge in [0, 0.05) is 15.6 Å². The maximum atomic E-state index is 12.4. The van der Waals surface area contributed by atoms with Gasteiger partial charge in [-0.25, -0.2) is 9.59 Å². The van der Waals surface area contributed by atoms with E-state index in [-0.39, 0.29) is 31.2 Å². The topological polar surface area (TPSA) is 71.1 Å². The summed E-state index contributed by atoms with van der Waals surface area (Å²) in [6.45, 7) is 3.82. The van der Waals surface area contributed by atoms with Crippen LogP contribution in [-0.2, 0) is 23.8 Å². The molecule has 8 heteroatoms. The van der Waals surface area contributed by atoms with Crippen molar-refractivity contribution in [1.29, 1.82) is 0 Å². The monoisotopic (exact) mass is 442 g/mol. The summed E-state index contributed by atoms with van der Waals surface area (Å²) in [6.07, 6.45) is -1.01. The summed E-state index contributed by atoms with van der Waals surface area (Å²) in [5.74, 6) is -0.938. The Morgan fingerprint density at radius 1 is 1.35 bits per heavy atom. The summed E-state index contributed by atoms with van der Waals surface area (Å²) in [6, 6.07) is 5.42. The van der Waals surface area contributed by atoms with Crippen LogP contribution in [0.25, 0.3) is 5.03 Å². The number of carbonyl (C=O) groups excluding carboxylic acids is 2. The van der Waals surface area contributed by atoms with E-state index in [1.807, 2.05) is 6.07 Å². The standard InChI is InChI=1S/C18H16BrClO6/c1-3-23-16-13(17(21)24-4-2)15(26-18(16)22)11-8-25-12-6-5-9(19)7-10(12)14(11)20/h5-7,15H,3-4,8H2,1-2H3. The van der Waals surface area contributed by atoms with Gasteiger partial charge in [-0.1, -0.05) is 27.5 Å². The second-order valence-corrected chi connectivity index (χ2v) is 6.74. The number of halogens is 2. The van der Waals surface area contributed by atoms with Crippen LogP contribution in [0.2, 0.25) is 0 Å². The van der Waals surface area contributed by atoms with Gasteiger partial charge in [-0.3, -0.25) is 0 Å². The Morgan fingerprint density at radius 3 is 2.81 bits per heavy atom. The number of hydrogen-bond acceptors (Lipinski definition) is 6. The van der Waals surface area contributed by atoms with Crippen molar-refractivity contribution in [3.63, 3.8) is 0 Å².